The summed E-state index contributed by atoms with van der Waals surface area (Å²) in [4.78, 5) is 0. The molecule has 0 radical (unpaired) electrons. The first-order valence-electron chi connectivity index (χ1n) is 7.63. The van der Waals surface area contributed by atoms with E-state index in [9.17, 15) is 0 Å². The molecular weight excluding hydrogens is 256 g/mol. The Morgan fingerprint density at radius 2 is 1.37 bits per heavy atom. The molecule has 0 bridgehead atoms. The number of unbranched alkanes of at least 4 members (excludes halogenated alkanes) is 5. The standard InChI is InChI=1S/C15H34O3Si/c1-7-8-9-10-11-12-13-19(16-5,17-6)18-14-15(2,3)4/h7-14H2,1-6H3. The Labute approximate surface area is 121 Å². The minimum atomic E-state index is -2.42. The maximum absolute atomic E-state index is 6.01. The largest absolute Gasteiger partial charge is 0.500 e. The third-order valence-corrected chi connectivity index (χ3v) is 5.98. The summed E-state index contributed by atoms with van der Waals surface area (Å²) in [5, 5.41) is 0. The molecule has 0 rings (SSSR count). The quantitative estimate of drug-likeness (QED) is 0.410. The molecular formula is C15H34O3Si. The van der Waals surface area contributed by atoms with Crippen LogP contribution in [0.15, 0.2) is 0 Å². The van der Waals surface area contributed by atoms with Gasteiger partial charge in [0.25, 0.3) is 0 Å². The van der Waals surface area contributed by atoms with Crippen LogP contribution in [0.5, 0.6) is 0 Å². The molecule has 0 spiro atoms. The molecule has 0 aliphatic carbocycles. The van der Waals surface area contributed by atoms with E-state index in [1.54, 1.807) is 14.2 Å². The van der Waals surface area contributed by atoms with Gasteiger partial charge in [-0.25, -0.2) is 0 Å². The molecule has 4 heteroatoms. The number of hydrogen-bond acceptors (Lipinski definition) is 3. The van der Waals surface area contributed by atoms with E-state index in [1.165, 1.54) is 32.1 Å². The Bertz CT molecular complexity index is 210. The molecule has 0 amide bonds. The van der Waals surface area contributed by atoms with Crippen LogP contribution in [0.3, 0.4) is 0 Å². The second kappa shape index (κ2) is 9.92. The van der Waals surface area contributed by atoms with E-state index in [0.717, 1.165) is 12.5 Å². The van der Waals surface area contributed by atoms with Crippen LogP contribution in [-0.4, -0.2) is 29.6 Å². The molecule has 0 unspecified atom stereocenters. The fraction of sp³-hybridized carbons (Fsp3) is 1.00. The Balaban J connectivity index is 4.01. The monoisotopic (exact) mass is 290 g/mol. The van der Waals surface area contributed by atoms with Crippen molar-refractivity contribution in [3.05, 3.63) is 0 Å². The van der Waals surface area contributed by atoms with Crippen LogP contribution in [0.2, 0.25) is 6.04 Å². The van der Waals surface area contributed by atoms with E-state index in [0.29, 0.717) is 6.61 Å². The van der Waals surface area contributed by atoms with Gasteiger partial charge in [-0.2, -0.15) is 0 Å². The van der Waals surface area contributed by atoms with Crippen molar-refractivity contribution in [1.29, 1.82) is 0 Å². The van der Waals surface area contributed by atoms with Gasteiger partial charge in [0.2, 0.25) is 0 Å². The topological polar surface area (TPSA) is 27.7 Å². The molecule has 0 aliphatic heterocycles. The third-order valence-electron chi connectivity index (χ3n) is 3.18. The summed E-state index contributed by atoms with van der Waals surface area (Å²) in [6.07, 6.45) is 7.68. The number of hydrogen-bond donors (Lipinski definition) is 0. The predicted molar refractivity (Wildman–Crippen MR) is 83.4 cm³/mol. The first-order chi connectivity index (χ1) is 8.89. The summed E-state index contributed by atoms with van der Waals surface area (Å²) >= 11 is 0. The molecule has 3 nitrogen and oxygen atoms in total. The lowest BCUT2D eigenvalue weighted by Crippen LogP contribution is -2.45. The van der Waals surface area contributed by atoms with Gasteiger partial charge in [0, 0.05) is 26.9 Å². The van der Waals surface area contributed by atoms with Gasteiger partial charge >= 0.3 is 8.80 Å². The summed E-state index contributed by atoms with van der Waals surface area (Å²) in [6.45, 7) is 9.44. The van der Waals surface area contributed by atoms with Gasteiger partial charge in [-0.1, -0.05) is 59.8 Å². The Morgan fingerprint density at radius 1 is 0.842 bits per heavy atom. The normalized spacial score (nSPS) is 12.9. The van der Waals surface area contributed by atoms with Gasteiger partial charge in [-0.15, -0.1) is 0 Å². The summed E-state index contributed by atoms with van der Waals surface area (Å²) in [6, 6.07) is 0.933. The van der Waals surface area contributed by atoms with Crippen molar-refractivity contribution in [3.63, 3.8) is 0 Å². The maximum atomic E-state index is 6.01. The lowest BCUT2D eigenvalue weighted by Gasteiger charge is -2.30. The van der Waals surface area contributed by atoms with Crippen LogP contribution in [0, 0.1) is 5.41 Å². The van der Waals surface area contributed by atoms with Crippen LogP contribution in [0.1, 0.15) is 66.2 Å². The Hall–Kier alpha value is 0.0969. The van der Waals surface area contributed by atoms with Crippen LogP contribution in [0.4, 0.5) is 0 Å². The lowest BCUT2D eigenvalue weighted by molar-refractivity contribution is 0.0651. The molecule has 0 aromatic rings. The third kappa shape index (κ3) is 9.60. The van der Waals surface area contributed by atoms with Gasteiger partial charge in [-0.3, -0.25) is 0 Å². The smallest absolute Gasteiger partial charge is 0.377 e. The van der Waals surface area contributed by atoms with Gasteiger partial charge in [0.15, 0.2) is 0 Å². The van der Waals surface area contributed by atoms with Gasteiger partial charge in [0.1, 0.15) is 0 Å². The molecule has 0 N–H and O–H groups in total. The fourth-order valence-electron chi connectivity index (χ4n) is 1.93. The molecule has 19 heavy (non-hydrogen) atoms. The number of rotatable bonds is 11. The molecule has 116 valence electrons. The SMILES string of the molecule is CCCCCCCC[Si](OC)(OC)OCC(C)(C)C. The van der Waals surface area contributed by atoms with Crippen molar-refractivity contribution in [2.75, 3.05) is 20.8 Å². The van der Waals surface area contributed by atoms with Crippen molar-refractivity contribution >= 4 is 8.80 Å². The van der Waals surface area contributed by atoms with E-state index in [2.05, 4.69) is 27.7 Å². The maximum Gasteiger partial charge on any atom is 0.500 e. The first-order valence-corrected chi connectivity index (χ1v) is 9.56. The van der Waals surface area contributed by atoms with Crippen LogP contribution < -0.4 is 0 Å². The predicted octanol–water partition coefficient (Wildman–Crippen LogP) is 4.64. The highest BCUT2D eigenvalue weighted by atomic mass is 28.4. The van der Waals surface area contributed by atoms with Gasteiger partial charge in [0.05, 0.1) is 0 Å². The Kier molecular flexibility index (Phi) is 9.97. The summed E-state index contributed by atoms with van der Waals surface area (Å²) in [5.41, 5.74) is 0.149. The first kappa shape index (κ1) is 19.1. The highest BCUT2D eigenvalue weighted by Gasteiger charge is 2.39. The molecule has 0 atom stereocenters. The average molecular weight is 291 g/mol. The van der Waals surface area contributed by atoms with E-state index in [1.807, 2.05) is 0 Å². The highest BCUT2D eigenvalue weighted by molar-refractivity contribution is 6.60. The fourth-order valence-corrected chi connectivity index (χ4v) is 4.22. The van der Waals surface area contributed by atoms with Gasteiger partial charge in [-0.05, 0) is 11.8 Å². The summed E-state index contributed by atoms with van der Waals surface area (Å²) in [7, 11) is 1.01. The van der Waals surface area contributed by atoms with Crippen molar-refractivity contribution < 1.29 is 13.3 Å². The molecule has 0 aliphatic rings. The molecule has 0 heterocycles. The summed E-state index contributed by atoms with van der Waals surface area (Å²) < 4.78 is 17.2. The lowest BCUT2D eigenvalue weighted by atomic mass is 9.99. The van der Waals surface area contributed by atoms with Crippen molar-refractivity contribution in [2.24, 2.45) is 5.41 Å². The van der Waals surface area contributed by atoms with E-state index in [-0.39, 0.29) is 5.41 Å². The Morgan fingerprint density at radius 3 is 1.84 bits per heavy atom. The minimum absolute atomic E-state index is 0.149. The molecule has 0 aromatic heterocycles. The van der Waals surface area contributed by atoms with E-state index >= 15 is 0 Å². The van der Waals surface area contributed by atoms with Crippen molar-refractivity contribution in [2.45, 2.75) is 72.3 Å². The minimum Gasteiger partial charge on any atom is -0.377 e. The zero-order valence-electron chi connectivity index (χ0n) is 13.9. The van der Waals surface area contributed by atoms with E-state index < -0.39 is 8.80 Å². The van der Waals surface area contributed by atoms with Crippen LogP contribution in [-0.2, 0) is 13.3 Å². The molecule has 0 saturated heterocycles. The van der Waals surface area contributed by atoms with Gasteiger partial charge < -0.3 is 13.3 Å². The second-order valence-corrected chi connectivity index (χ2v) is 9.43. The molecule has 0 fully saturated rings. The van der Waals surface area contributed by atoms with Crippen LogP contribution in [0.25, 0.3) is 0 Å². The van der Waals surface area contributed by atoms with Crippen molar-refractivity contribution in [1.82, 2.24) is 0 Å². The van der Waals surface area contributed by atoms with Crippen molar-refractivity contribution in [3.8, 4) is 0 Å². The molecule has 0 aromatic carbocycles. The van der Waals surface area contributed by atoms with E-state index in [4.69, 9.17) is 13.3 Å². The highest BCUT2D eigenvalue weighted by Crippen LogP contribution is 2.23. The van der Waals surface area contributed by atoms with Crippen LogP contribution >= 0.6 is 0 Å². The zero-order chi connectivity index (χ0) is 14.8. The average Bonchev–Trinajstić information content (AvgIpc) is 2.37. The second-order valence-electron chi connectivity index (χ2n) is 6.46. The zero-order valence-corrected chi connectivity index (χ0v) is 14.9. The summed E-state index contributed by atoms with van der Waals surface area (Å²) in [5.74, 6) is 0. The molecule has 0 saturated carbocycles.